The van der Waals surface area contributed by atoms with Gasteiger partial charge in [-0.25, -0.2) is 9.78 Å². The highest BCUT2D eigenvalue weighted by atomic mass is 16.4. The predicted octanol–water partition coefficient (Wildman–Crippen LogP) is 2.20. The van der Waals surface area contributed by atoms with Crippen molar-refractivity contribution < 1.29 is 15.0 Å². The number of carbonyl (C=O) groups is 1. The quantitative estimate of drug-likeness (QED) is 0.842. The molecule has 6 heteroatoms. The van der Waals surface area contributed by atoms with Crippen LogP contribution in [0.3, 0.4) is 0 Å². The Balaban J connectivity index is 1.49. The van der Waals surface area contributed by atoms with Crippen molar-refractivity contribution in [2.75, 3.05) is 13.1 Å². The van der Waals surface area contributed by atoms with E-state index in [-0.39, 0.29) is 17.4 Å². The Morgan fingerprint density at radius 3 is 2.88 bits per heavy atom. The van der Waals surface area contributed by atoms with Gasteiger partial charge in [-0.1, -0.05) is 24.3 Å². The number of fused-ring (bicyclic) bond motifs is 3. The molecular formula is C18H19N3O3. The molecule has 6 nitrogen and oxygen atoms in total. The first-order valence-corrected chi connectivity index (χ1v) is 8.38. The Bertz CT molecular complexity index is 824. The van der Waals surface area contributed by atoms with Gasteiger partial charge in [-0.05, 0) is 18.4 Å². The van der Waals surface area contributed by atoms with E-state index >= 15 is 0 Å². The van der Waals surface area contributed by atoms with E-state index in [9.17, 15) is 9.90 Å². The Morgan fingerprint density at radius 2 is 2.08 bits per heavy atom. The molecule has 2 aliphatic heterocycles. The molecule has 3 heterocycles. The van der Waals surface area contributed by atoms with Gasteiger partial charge in [0.15, 0.2) is 0 Å². The molecule has 0 radical (unpaired) electrons. The summed E-state index contributed by atoms with van der Waals surface area (Å²) >= 11 is 0. The molecule has 1 aromatic heterocycles. The number of carboxylic acid groups (broad SMARTS) is 1. The minimum absolute atomic E-state index is 0.0898. The fourth-order valence-electron chi connectivity index (χ4n) is 5.05. The van der Waals surface area contributed by atoms with Crippen LogP contribution < -0.4 is 0 Å². The van der Waals surface area contributed by atoms with Crippen LogP contribution in [0.5, 0.6) is 0 Å². The first-order valence-electron chi connectivity index (χ1n) is 8.38. The number of aliphatic hydroxyl groups excluding tert-OH is 1. The number of benzene rings is 1. The lowest BCUT2D eigenvalue weighted by Crippen LogP contribution is -2.62. The number of hydrogen-bond acceptors (Lipinski definition) is 3. The highest BCUT2D eigenvalue weighted by Gasteiger charge is 2.58. The fourth-order valence-corrected chi connectivity index (χ4v) is 5.05. The van der Waals surface area contributed by atoms with Crippen LogP contribution in [0.2, 0.25) is 0 Å². The van der Waals surface area contributed by atoms with E-state index in [0.29, 0.717) is 13.1 Å². The summed E-state index contributed by atoms with van der Waals surface area (Å²) in [6, 6.07) is 8.40. The molecule has 24 heavy (non-hydrogen) atoms. The Labute approximate surface area is 139 Å². The average Bonchev–Trinajstić information content (AvgIpc) is 3.18. The summed E-state index contributed by atoms with van der Waals surface area (Å²) in [4.78, 5) is 16.8. The molecule has 1 spiro atoms. The minimum atomic E-state index is -0.889. The summed E-state index contributed by atoms with van der Waals surface area (Å²) in [6.07, 6.45) is 4.14. The van der Waals surface area contributed by atoms with E-state index in [2.05, 4.69) is 21.7 Å². The van der Waals surface area contributed by atoms with Gasteiger partial charge in [-0.2, -0.15) is 0 Å². The number of amides is 1. The second-order valence-corrected chi connectivity index (χ2v) is 7.37. The zero-order valence-electron chi connectivity index (χ0n) is 13.2. The van der Waals surface area contributed by atoms with Crippen LogP contribution in [0, 0.1) is 11.3 Å². The van der Waals surface area contributed by atoms with Gasteiger partial charge in [0.25, 0.3) is 0 Å². The van der Waals surface area contributed by atoms with Gasteiger partial charge < -0.3 is 19.7 Å². The Hall–Kier alpha value is -2.34. The lowest BCUT2D eigenvalue weighted by Gasteiger charge is -2.49. The van der Waals surface area contributed by atoms with Gasteiger partial charge >= 0.3 is 6.09 Å². The van der Waals surface area contributed by atoms with Crippen LogP contribution in [-0.4, -0.2) is 50.0 Å². The van der Waals surface area contributed by atoms with E-state index in [4.69, 9.17) is 5.11 Å². The summed E-state index contributed by atoms with van der Waals surface area (Å²) in [5, 5.41) is 20.2. The number of rotatable bonds is 1. The number of imidazole rings is 1. The van der Waals surface area contributed by atoms with E-state index in [1.807, 2.05) is 24.7 Å². The number of aliphatic hydroxyl groups is 1. The van der Waals surface area contributed by atoms with Crippen LogP contribution in [-0.2, 0) is 0 Å². The van der Waals surface area contributed by atoms with Crippen molar-refractivity contribution in [2.45, 2.75) is 25.0 Å². The lowest BCUT2D eigenvalue weighted by atomic mass is 9.74. The number of likely N-dealkylation sites (tertiary alicyclic amines) is 1. The topological polar surface area (TPSA) is 78.6 Å². The van der Waals surface area contributed by atoms with Crippen molar-refractivity contribution >= 4 is 6.09 Å². The third-order valence-corrected chi connectivity index (χ3v) is 6.22. The first kappa shape index (κ1) is 14.0. The molecule has 1 amide bonds. The van der Waals surface area contributed by atoms with Crippen molar-refractivity contribution in [1.29, 1.82) is 0 Å². The molecule has 1 aliphatic carbocycles. The summed E-state index contributed by atoms with van der Waals surface area (Å²) in [5.41, 5.74) is 3.27. The molecule has 2 fully saturated rings. The zero-order valence-corrected chi connectivity index (χ0v) is 13.2. The largest absolute Gasteiger partial charge is 0.465 e. The molecule has 3 aliphatic rings. The maximum atomic E-state index is 11.1. The normalized spacial score (nSPS) is 29.4. The van der Waals surface area contributed by atoms with Crippen molar-refractivity contribution in [3.8, 4) is 11.3 Å². The molecule has 2 aromatic rings. The molecule has 0 bridgehead atoms. The van der Waals surface area contributed by atoms with Crippen LogP contribution in [0.15, 0.2) is 36.8 Å². The van der Waals surface area contributed by atoms with E-state index < -0.39 is 12.2 Å². The smallest absolute Gasteiger partial charge is 0.407 e. The maximum Gasteiger partial charge on any atom is 0.407 e. The van der Waals surface area contributed by atoms with Crippen molar-refractivity contribution in [1.82, 2.24) is 14.5 Å². The monoisotopic (exact) mass is 325 g/mol. The summed E-state index contributed by atoms with van der Waals surface area (Å²) in [7, 11) is 0. The SMILES string of the molecule is O=C(O)N1CC2(CC[C@H]([C@H]3c4ccccc4-c4cncn43)[C@H]2O)C1. The number of hydrogen-bond donors (Lipinski definition) is 2. The van der Waals surface area contributed by atoms with Crippen LogP contribution in [0.25, 0.3) is 11.3 Å². The second-order valence-electron chi connectivity index (χ2n) is 7.37. The second kappa shape index (κ2) is 4.60. The van der Waals surface area contributed by atoms with Crippen molar-refractivity contribution in [3.63, 3.8) is 0 Å². The third-order valence-electron chi connectivity index (χ3n) is 6.22. The van der Waals surface area contributed by atoms with Gasteiger partial charge in [-0.15, -0.1) is 0 Å². The predicted molar refractivity (Wildman–Crippen MR) is 86.6 cm³/mol. The number of nitrogens with zero attached hydrogens (tertiary/aromatic N) is 3. The molecule has 1 aromatic carbocycles. The Kier molecular flexibility index (Phi) is 2.69. The first-order chi connectivity index (χ1) is 11.6. The molecule has 1 saturated heterocycles. The Morgan fingerprint density at radius 1 is 1.29 bits per heavy atom. The van der Waals surface area contributed by atoms with Crippen molar-refractivity contribution in [2.24, 2.45) is 11.3 Å². The van der Waals surface area contributed by atoms with Gasteiger partial charge in [0.1, 0.15) is 0 Å². The zero-order chi connectivity index (χ0) is 16.5. The van der Waals surface area contributed by atoms with Crippen molar-refractivity contribution in [3.05, 3.63) is 42.4 Å². The van der Waals surface area contributed by atoms with E-state index in [1.165, 1.54) is 16.0 Å². The lowest BCUT2D eigenvalue weighted by molar-refractivity contribution is -0.0765. The van der Waals surface area contributed by atoms with Crippen LogP contribution >= 0.6 is 0 Å². The standard InChI is InChI=1S/C18H19N3O3/c22-16-13(5-6-18(16)8-20(9-18)17(23)24)15-12-4-2-1-3-11(12)14-7-19-10-21(14)15/h1-4,7,10,13,15-16,22H,5-6,8-9H2,(H,23,24)/t13-,15-,16-/m1/s1. The maximum absolute atomic E-state index is 11.1. The molecule has 124 valence electrons. The summed E-state index contributed by atoms with van der Waals surface area (Å²) < 4.78 is 2.17. The molecule has 0 unspecified atom stereocenters. The third kappa shape index (κ3) is 1.64. The molecular weight excluding hydrogens is 306 g/mol. The fraction of sp³-hybridized carbons (Fsp3) is 0.444. The molecule has 5 rings (SSSR count). The van der Waals surface area contributed by atoms with E-state index in [1.54, 1.807) is 0 Å². The van der Waals surface area contributed by atoms with Crippen LogP contribution in [0.4, 0.5) is 4.79 Å². The van der Waals surface area contributed by atoms with E-state index in [0.717, 1.165) is 18.5 Å². The molecule has 2 N–H and O–H groups in total. The highest BCUT2D eigenvalue weighted by molar-refractivity contribution is 5.69. The summed E-state index contributed by atoms with van der Waals surface area (Å²) in [6.45, 7) is 0.899. The average molecular weight is 325 g/mol. The highest BCUT2D eigenvalue weighted by Crippen LogP contribution is 2.55. The summed E-state index contributed by atoms with van der Waals surface area (Å²) in [5.74, 6) is 0.0949. The van der Waals surface area contributed by atoms with Crippen LogP contribution in [0.1, 0.15) is 24.4 Å². The molecule has 1 saturated carbocycles. The van der Waals surface area contributed by atoms with Gasteiger partial charge in [0.05, 0.1) is 30.4 Å². The van der Waals surface area contributed by atoms with Gasteiger partial charge in [0.2, 0.25) is 0 Å². The van der Waals surface area contributed by atoms with Gasteiger partial charge in [-0.3, -0.25) is 0 Å². The number of aromatic nitrogens is 2. The molecule has 3 atom stereocenters. The minimum Gasteiger partial charge on any atom is -0.465 e. The van der Waals surface area contributed by atoms with Gasteiger partial charge in [0, 0.05) is 30.0 Å².